The Morgan fingerprint density at radius 3 is 2.80 bits per heavy atom. The average Bonchev–Trinajstić information content (AvgIpc) is 1.82. The largest absolute Gasteiger partial charge is 0.480 e. The molecular weight excluding hydrogens is 154 g/mol. The van der Waals surface area contributed by atoms with E-state index in [0.717, 1.165) is 0 Å². The van der Waals surface area contributed by atoms with Gasteiger partial charge in [0.25, 0.3) is 0 Å². The van der Waals surface area contributed by atoms with Gasteiger partial charge in [0.05, 0.1) is 6.54 Å². The molecular formula is C6H10ClNO2. The van der Waals surface area contributed by atoms with Gasteiger partial charge in [-0.3, -0.25) is 9.69 Å². The van der Waals surface area contributed by atoms with Crippen molar-refractivity contribution in [1.29, 1.82) is 0 Å². The molecule has 4 heteroatoms. The number of hydrogen-bond acceptors (Lipinski definition) is 2. The normalized spacial score (nSPS) is 11.1. The minimum Gasteiger partial charge on any atom is -0.480 e. The van der Waals surface area contributed by atoms with E-state index < -0.39 is 5.97 Å². The van der Waals surface area contributed by atoms with E-state index in [2.05, 4.69) is 0 Å². The molecule has 0 unspecified atom stereocenters. The van der Waals surface area contributed by atoms with Crippen LogP contribution in [0.25, 0.3) is 0 Å². The highest BCUT2D eigenvalue weighted by atomic mass is 35.5. The number of nitrogens with zero attached hydrogens (tertiary/aromatic N) is 1. The number of hydrogen-bond donors (Lipinski definition) is 1. The summed E-state index contributed by atoms with van der Waals surface area (Å²) in [4.78, 5) is 11.7. The van der Waals surface area contributed by atoms with Gasteiger partial charge >= 0.3 is 5.97 Å². The Bertz CT molecular complexity index is 136. The van der Waals surface area contributed by atoms with Crippen LogP contribution in [0, 0.1) is 0 Å². The van der Waals surface area contributed by atoms with Crippen molar-refractivity contribution in [2.24, 2.45) is 0 Å². The summed E-state index contributed by atoms with van der Waals surface area (Å²) in [5.74, 6) is -0.828. The van der Waals surface area contributed by atoms with Gasteiger partial charge in [0.1, 0.15) is 0 Å². The van der Waals surface area contributed by atoms with Gasteiger partial charge < -0.3 is 5.11 Å². The monoisotopic (exact) mass is 163 g/mol. The van der Waals surface area contributed by atoms with Crippen LogP contribution in [-0.4, -0.2) is 36.1 Å². The summed E-state index contributed by atoms with van der Waals surface area (Å²) in [5, 5.41) is 8.28. The van der Waals surface area contributed by atoms with Crippen LogP contribution < -0.4 is 0 Å². The van der Waals surface area contributed by atoms with Gasteiger partial charge in [-0.15, -0.1) is 0 Å². The summed E-state index contributed by atoms with van der Waals surface area (Å²) in [6.45, 7) is 0.608. The van der Waals surface area contributed by atoms with Crippen molar-refractivity contribution in [2.45, 2.75) is 0 Å². The fraction of sp³-hybridized carbons (Fsp3) is 0.500. The molecule has 0 aromatic heterocycles. The van der Waals surface area contributed by atoms with E-state index in [1.807, 2.05) is 0 Å². The number of halogens is 1. The lowest BCUT2D eigenvalue weighted by atomic mass is 10.5. The Morgan fingerprint density at radius 2 is 2.40 bits per heavy atom. The molecule has 0 spiro atoms. The molecule has 0 aliphatic rings. The lowest BCUT2D eigenvalue weighted by Crippen LogP contribution is -2.25. The Morgan fingerprint density at radius 1 is 1.80 bits per heavy atom. The van der Waals surface area contributed by atoms with Crippen molar-refractivity contribution in [3.05, 3.63) is 11.6 Å². The summed E-state index contributed by atoms with van der Waals surface area (Å²) < 4.78 is 0. The Hall–Kier alpha value is -0.540. The predicted molar refractivity (Wildman–Crippen MR) is 40.1 cm³/mol. The van der Waals surface area contributed by atoms with Gasteiger partial charge in [-0.1, -0.05) is 17.7 Å². The Kier molecular flexibility index (Phi) is 4.98. The number of carbonyl (C=O) groups is 1. The van der Waals surface area contributed by atoms with Crippen LogP contribution in [0.3, 0.4) is 0 Å². The number of aliphatic carboxylic acids is 1. The highest BCUT2D eigenvalue weighted by Gasteiger charge is 2.00. The second-order valence-corrected chi connectivity index (χ2v) is 2.20. The molecule has 0 aliphatic carbocycles. The molecule has 0 bridgehead atoms. The molecule has 3 nitrogen and oxygen atoms in total. The molecule has 0 rings (SSSR count). The molecule has 10 heavy (non-hydrogen) atoms. The number of rotatable bonds is 4. The van der Waals surface area contributed by atoms with Crippen LogP contribution in [0.5, 0.6) is 0 Å². The van der Waals surface area contributed by atoms with Gasteiger partial charge in [-0.05, 0) is 7.05 Å². The van der Waals surface area contributed by atoms with Crippen molar-refractivity contribution in [3.8, 4) is 0 Å². The lowest BCUT2D eigenvalue weighted by molar-refractivity contribution is -0.137. The highest BCUT2D eigenvalue weighted by molar-refractivity contribution is 6.25. The standard InChI is InChI=1S/C6H10ClNO2/c1-8(4-2-3-7)5-6(9)10/h2-3H,4-5H2,1H3,(H,9,10)/b3-2+. The van der Waals surface area contributed by atoms with Gasteiger partial charge in [-0.2, -0.15) is 0 Å². The van der Waals surface area contributed by atoms with Crippen LogP contribution in [0.2, 0.25) is 0 Å². The third kappa shape index (κ3) is 5.59. The summed E-state index contributed by atoms with van der Waals surface area (Å²) in [5.41, 5.74) is 1.37. The smallest absolute Gasteiger partial charge is 0.317 e. The molecule has 0 saturated carbocycles. The first-order valence-corrected chi connectivity index (χ1v) is 3.26. The Labute approximate surface area is 64.9 Å². The fourth-order valence-electron chi connectivity index (χ4n) is 0.515. The highest BCUT2D eigenvalue weighted by Crippen LogP contribution is 1.84. The van der Waals surface area contributed by atoms with E-state index in [1.54, 1.807) is 18.0 Å². The van der Waals surface area contributed by atoms with Gasteiger partial charge in [0.2, 0.25) is 0 Å². The summed E-state index contributed by atoms with van der Waals surface area (Å²) in [7, 11) is 1.71. The van der Waals surface area contributed by atoms with Crippen LogP contribution >= 0.6 is 11.6 Å². The molecule has 0 amide bonds. The van der Waals surface area contributed by atoms with E-state index >= 15 is 0 Å². The van der Waals surface area contributed by atoms with E-state index in [9.17, 15) is 4.79 Å². The van der Waals surface area contributed by atoms with Crippen LogP contribution in [0.15, 0.2) is 11.6 Å². The van der Waals surface area contributed by atoms with E-state index in [0.29, 0.717) is 6.54 Å². The van der Waals surface area contributed by atoms with Crippen LogP contribution in [-0.2, 0) is 4.79 Å². The molecule has 0 fully saturated rings. The van der Waals surface area contributed by atoms with E-state index in [-0.39, 0.29) is 6.54 Å². The molecule has 0 heterocycles. The number of likely N-dealkylation sites (N-methyl/N-ethyl adjacent to an activating group) is 1. The first-order chi connectivity index (χ1) is 4.66. The SMILES string of the molecule is CN(C/C=C/Cl)CC(=O)O. The molecule has 1 N–H and O–H groups in total. The molecule has 0 aromatic carbocycles. The van der Waals surface area contributed by atoms with Crippen molar-refractivity contribution in [2.75, 3.05) is 20.1 Å². The lowest BCUT2D eigenvalue weighted by Gasteiger charge is -2.09. The zero-order valence-corrected chi connectivity index (χ0v) is 6.51. The van der Waals surface area contributed by atoms with Crippen molar-refractivity contribution in [1.82, 2.24) is 4.90 Å². The number of carboxylic acid groups (broad SMARTS) is 1. The Balaban J connectivity index is 3.43. The van der Waals surface area contributed by atoms with Crippen LogP contribution in [0.1, 0.15) is 0 Å². The minimum atomic E-state index is -0.828. The topological polar surface area (TPSA) is 40.5 Å². The maximum Gasteiger partial charge on any atom is 0.317 e. The average molecular weight is 164 g/mol. The molecule has 0 saturated heterocycles. The predicted octanol–water partition coefficient (Wildman–Crippen LogP) is 0.755. The quantitative estimate of drug-likeness (QED) is 0.665. The zero-order chi connectivity index (χ0) is 7.98. The summed E-state index contributed by atoms with van der Waals surface area (Å²) in [6, 6.07) is 0. The summed E-state index contributed by atoms with van der Waals surface area (Å²) >= 11 is 5.23. The maximum absolute atomic E-state index is 10.1. The first-order valence-electron chi connectivity index (χ1n) is 2.82. The van der Waals surface area contributed by atoms with Crippen molar-refractivity contribution >= 4 is 17.6 Å². The molecule has 0 atom stereocenters. The molecule has 0 aliphatic heterocycles. The van der Waals surface area contributed by atoms with Gasteiger partial charge in [-0.25, -0.2) is 0 Å². The van der Waals surface area contributed by atoms with Gasteiger partial charge in [0.15, 0.2) is 0 Å². The second kappa shape index (κ2) is 5.26. The van der Waals surface area contributed by atoms with Crippen molar-refractivity contribution in [3.63, 3.8) is 0 Å². The third-order valence-electron chi connectivity index (χ3n) is 0.911. The maximum atomic E-state index is 10.1. The molecule has 0 aromatic rings. The molecule has 58 valence electrons. The second-order valence-electron chi connectivity index (χ2n) is 1.95. The van der Waals surface area contributed by atoms with Gasteiger partial charge in [0, 0.05) is 12.1 Å². The van der Waals surface area contributed by atoms with Crippen molar-refractivity contribution < 1.29 is 9.90 Å². The van der Waals surface area contributed by atoms with E-state index in [4.69, 9.17) is 16.7 Å². The number of carboxylic acids is 1. The first kappa shape index (κ1) is 9.46. The molecule has 0 radical (unpaired) electrons. The third-order valence-corrected chi connectivity index (χ3v) is 1.09. The fourth-order valence-corrected chi connectivity index (χ4v) is 0.595. The zero-order valence-electron chi connectivity index (χ0n) is 5.75. The summed E-state index contributed by atoms with van der Waals surface area (Å²) in [6.07, 6.45) is 1.69. The van der Waals surface area contributed by atoms with E-state index in [1.165, 1.54) is 5.54 Å². The minimum absolute atomic E-state index is 0.0429. The van der Waals surface area contributed by atoms with Crippen LogP contribution in [0.4, 0.5) is 0 Å².